The molecule has 1 atom stereocenters. The van der Waals surface area contributed by atoms with Crippen LogP contribution in [0.5, 0.6) is 0 Å². The van der Waals surface area contributed by atoms with E-state index < -0.39 is 11.9 Å². The Balaban J connectivity index is 0.000000331. The molecule has 2 aromatic rings. The number of likely N-dealkylation sites (N-methyl/N-ethyl adjacent to an activating group) is 1. The van der Waals surface area contributed by atoms with Crippen LogP contribution in [-0.2, 0) is 16.0 Å². The van der Waals surface area contributed by atoms with Crippen molar-refractivity contribution in [1.82, 2.24) is 9.80 Å². The average molecular weight is 487 g/mol. The van der Waals surface area contributed by atoms with E-state index in [4.69, 9.17) is 10.2 Å². The van der Waals surface area contributed by atoms with E-state index in [9.17, 15) is 9.59 Å². The van der Waals surface area contributed by atoms with Gasteiger partial charge in [0.15, 0.2) is 0 Å². The van der Waals surface area contributed by atoms with Gasteiger partial charge in [-0.05, 0) is 62.0 Å². The molecule has 8 heteroatoms. The number of carbonyl (C=O) groups is 2. The first-order valence-electron chi connectivity index (χ1n) is 10.8. The van der Waals surface area contributed by atoms with Crippen LogP contribution >= 0.6 is 23.5 Å². The molecule has 1 saturated heterocycles. The molecule has 176 valence electrons. The Hall–Kier alpha value is -2.26. The van der Waals surface area contributed by atoms with E-state index in [0.717, 1.165) is 19.5 Å². The van der Waals surface area contributed by atoms with Crippen molar-refractivity contribution in [3.63, 3.8) is 0 Å². The van der Waals surface area contributed by atoms with Crippen molar-refractivity contribution < 1.29 is 19.8 Å². The van der Waals surface area contributed by atoms with Gasteiger partial charge in [0.05, 0.1) is 0 Å². The molecule has 0 bridgehead atoms. The third kappa shape index (κ3) is 7.11. The largest absolute Gasteiger partial charge is 0.478 e. The molecule has 2 N–H and O–H groups in total. The Morgan fingerprint density at radius 1 is 1.00 bits per heavy atom. The highest BCUT2D eigenvalue weighted by molar-refractivity contribution is 7.99. The molecule has 1 fully saturated rings. The fourth-order valence-electron chi connectivity index (χ4n) is 4.01. The standard InChI is InChI=1S/C21H26N2S2.C4H4O4/c1-15-4-6-20-16(12-15)13-19(23-10-8-22(2)9-11-23)18-14-17(24-3)5-7-21(18)25-20;5-3(6)1-2-4(7)8/h4-7,12,14,19H,8-11,13H2,1-3H3;1-2H,(H,5,6)(H,7,8)/b;2-1+. The quantitative estimate of drug-likeness (QED) is 0.485. The Bertz CT molecular complexity index is 1020. The van der Waals surface area contributed by atoms with Gasteiger partial charge in [0, 0.05) is 59.1 Å². The van der Waals surface area contributed by atoms with E-state index >= 15 is 0 Å². The van der Waals surface area contributed by atoms with Gasteiger partial charge in [0.1, 0.15) is 0 Å². The SMILES string of the molecule is CSc1ccc2c(c1)C(N1CCN(C)CC1)Cc1cc(C)ccc1S2.O=C(O)/C=C/C(=O)O. The molecule has 2 heterocycles. The van der Waals surface area contributed by atoms with Crippen LogP contribution in [0.2, 0.25) is 0 Å². The summed E-state index contributed by atoms with van der Waals surface area (Å²) in [5.74, 6) is -2.51. The van der Waals surface area contributed by atoms with Crippen molar-refractivity contribution >= 4 is 35.5 Å². The summed E-state index contributed by atoms with van der Waals surface area (Å²) >= 11 is 3.80. The van der Waals surface area contributed by atoms with E-state index in [1.807, 2.05) is 23.5 Å². The lowest BCUT2D eigenvalue weighted by molar-refractivity contribution is -0.134. The second-order valence-electron chi connectivity index (χ2n) is 8.19. The normalized spacial score (nSPS) is 18.6. The van der Waals surface area contributed by atoms with Crippen LogP contribution in [0.15, 0.2) is 63.2 Å². The zero-order valence-electron chi connectivity index (χ0n) is 19.2. The maximum atomic E-state index is 9.55. The maximum absolute atomic E-state index is 9.55. The van der Waals surface area contributed by atoms with E-state index in [0.29, 0.717) is 18.2 Å². The summed E-state index contributed by atoms with van der Waals surface area (Å²) in [7, 11) is 2.23. The fraction of sp³-hybridized carbons (Fsp3) is 0.360. The third-order valence-corrected chi connectivity index (χ3v) is 7.71. The first-order chi connectivity index (χ1) is 15.8. The number of thioether (sulfide) groups is 1. The van der Waals surface area contributed by atoms with Gasteiger partial charge < -0.3 is 15.1 Å². The number of fused-ring (bicyclic) bond motifs is 2. The van der Waals surface area contributed by atoms with Crippen LogP contribution in [0.3, 0.4) is 0 Å². The van der Waals surface area contributed by atoms with Crippen LogP contribution in [0.25, 0.3) is 0 Å². The minimum Gasteiger partial charge on any atom is -0.478 e. The molecule has 0 aliphatic carbocycles. The number of hydrogen-bond acceptors (Lipinski definition) is 6. The van der Waals surface area contributed by atoms with Gasteiger partial charge in [-0.2, -0.15) is 0 Å². The lowest BCUT2D eigenvalue weighted by Crippen LogP contribution is -2.46. The van der Waals surface area contributed by atoms with Crippen molar-refractivity contribution in [3.8, 4) is 0 Å². The highest BCUT2D eigenvalue weighted by Crippen LogP contribution is 2.44. The summed E-state index contributed by atoms with van der Waals surface area (Å²) in [6, 6.07) is 14.5. The number of carboxylic acids is 2. The first-order valence-corrected chi connectivity index (χ1v) is 12.8. The van der Waals surface area contributed by atoms with Crippen molar-refractivity contribution in [2.75, 3.05) is 39.5 Å². The monoisotopic (exact) mass is 486 g/mol. The van der Waals surface area contributed by atoms with Gasteiger partial charge in [-0.3, -0.25) is 4.90 Å². The van der Waals surface area contributed by atoms with Crippen LogP contribution in [0.1, 0.15) is 22.7 Å². The fourth-order valence-corrected chi connectivity index (χ4v) is 5.56. The van der Waals surface area contributed by atoms with Crippen molar-refractivity contribution in [1.29, 1.82) is 0 Å². The van der Waals surface area contributed by atoms with Gasteiger partial charge in [-0.15, -0.1) is 11.8 Å². The molecule has 0 radical (unpaired) electrons. The molecule has 0 spiro atoms. The Morgan fingerprint density at radius 3 is 2.24 bits per heavy atom. The molecule has 33 heavy (non-hydrogen) atoms. The summed E-state index contributed by atoms with van der Waals surface area (Å²) < 4.78 is 0. The number of aryl methyl sites for hydroxylation is 1. The molecule has 0 saturated carbocycles. The van der Waals surface area contributed by atoms with Gasteiger partial charge in [0.25, 0.3) is 0 Å². The molecule has 6 nitrogen and oxygen atoms in total. The topological polar surface area (TPSA) is 81.1 Å². The minimum absolute atomic E-state index is 0.492. The lowest BCUT2D eigenvalue weighted by atomic mass is 9.96. The molecular weight excluding hydrogens is 456 g/mol. The van der Waals surface area contributed by atoms with Crippen LogP contribution < -0.4 is 0 Å². The summed E-state index contributed by atoms with van der Waals surface area (Å²) in [4.78, 5) is 28.5. The van der Waals surface area contributed by atoms with Crippen LogP contribution in [0, 0.1) is 6.92 Å². The molecule has 0 amide bonds. The van der Waals surface area contributed by atoms with Crippen molar-refractivity contribution in [2.45, 2.75) is 34.1 Å². The Morgan fingerprint density at radius 2 is 1.64 bits per heavy atom. The summed E-state index contributed by atoms with van der Waals surface area (Å²) in [5.41, 5.74) is 4.40. The number of carboxylic acid groups (broad SMARTS) is 2. The van der Waals surface area contributed by atoms with Gasteiger partial charge >= 0.3 is 11.9 Å². The smallest absolute Gasteiger partial charge is 0.328 e. The minimum atomic E-state index is -1.26. The zero-order chi connectivity index (χ0) is 24.0. The first kappa shape index (κ1) is 25.4. The van der Waals surface area contributed by atoms with E-state index in [-0.39, 0.29) is 0 Å². The molecular formula is C25H30N2O4S2. The molecule has 2 aromatic carbocycles. The predicted molar refractivity (Wildman–Crippen MR) is 133 cm³/mol. The molecule has 0 aromatic heterocycles. The Labute approximate surface area is 203 Å². The van der Waals surface area contributed by atoms with E-state index in [2.05, 4.69) is 66.4 Å². The predicted octanol–water partition coefficient (Wildman–Crippen LogP) is 4.42. The maximum Gasteiger partial charge on any atom is 0.328 e. The highest BCUT2D eigenvalue weighted by atomic mass is 32.2. The van der Waals surface area contributed by atoms with Crippen molar-refractivity contribution in [2.24, 2.45) is 0 Å². The van der Waals surface area contributed by atoms with Gasteiger partial charge in [-0.1, -0.05) is 29.5 Å². The van der Waals surface area contributed by atoms with Crippen LogP contribution in [-0.4, -0.2) is 71.4 Å². The Kier molecular flexibility index (Phi) is 9.02. The van der Waals surface area contributed by atoms with Gasteiger partial charge in [0.2, 0.25) is 0 Å². The number of benzene rings is 2. The summed E-state index contributed by atoms with van der Waals surface area (Å²) in [5, 5.41) is 15.6. The summed E-state index contributed by atoms with van der Waals surface area (Å²) in [6.07, 6.45) is 4.41. The molecule has 2 aliphatic rings. The van der Waals surface area contributed by atoms with Crippen LogP contribution in [0.4, 0.5) is 0 Å². The zero-order valence-corrected chi connectivity index (χ0v) is 20.8. The summed E-state index contributed by atoms with van der Waals surface area (Å²) in [6.45, 7) is 6.87. The number of hydrogen-bond donors (Lipinski definition) is 2. The molecule has 1 unspecified atom stereocenters. The lowest BCUT2D eigenvalue weighted by Gasteiger charge is -2.38. The second kappa shape index (κ2) is 11.7. The number of aliphatic carboxylic acids is 2. The number of piperazine rings is 1. The van der Waals surface area contributed by atoms with E-state index in [1.54, 1.807) is 0 Å². The third-order valence-electron chi connectivity index (χ3n) is 5.77. The van der Waals surface area contributed by atoms with E-state index in [1.165, 1.54) is 44.5 Å². The second-order valence-corrected chi connectivity index (χ2v) is 10.1. The average Bonchev–Trinajstić information content (AvgIpc) is 2.94. The van der Waals surface area contributed by atoms with Gasteiger partial charge in [-0.25, -0.2) is 9.59 Å². The van der Waals surface area contributed by atoms with Crippen molar-refractivity contribution in [3.05, 3.63) is 65.2 Å². The number of rotatable bonds is 4. The molecule has 2 aliphatic heterocycles. The number of nitrogens with zero attached hydrogens (tertiary/aromatic N) is 2. The molecule has 4 rings (SSSR count). The highest BCUT2D eigenvalue weighted by Gasteiger charge is 2.29.